The van der Waals surface area contributed by atoms with E-state index < -0.39 is 11.7 Å². The van der Waals surface area contributed by atoms with Crippen LogP contribution in [0.25, 0.3) is 0 Å². The highest BCUT2D eigenvalue weighted by Crippen LogP contribution is 2.36. The van der Waals surface area contributed by atoms with Crippen molar-refractivity contribution in [3.05, 3.63) is 44.9 Å². The maximum absolute atomic E-state index is 12.0. The van der Waals surface area contributed by atoms with Gasteiger partial charge in [0.25, 0.3) is 11.7 Å². The summed E-state index contributed by atoms with van der Waals surface area (Å²) in [5.41, 5.74) is 1.62. The summed E-state index contributed by atoms with van der Waals surface area (Å²) < 4.78 is 0. The second-order valence-corrected chi connectivity index (χ2v) is 5.68. The number of anilines is 1. The van der Waals surface area contributed by atoms with Crippen LogP contribution in [0.5, 0.6) is 0 Å². The molecule has 4 nitrogen and oxygen atoms in total. The van der Waals surface area contributed by atoms with E-state index >= 15 is 0 Å². The summed E-state index contributed by atoms with van der Waals surface area (Å²) >= 11 is 7.61. The minimum absolute atomic E-state index is 0.269. The first-order chi connectivity index (χ1) is 9.08. The summed E-state index contributed by atoms with van der Waals surface area (Å²) in [6, 6.07) is 4.96. The molecule has 0 bridgehead atoms. The molecule has 0 unspecified atom stereocenters. The van der Waals surface area contributed by atoms with Crippen molar-refractivity contribution in [1.82, 2.24) is 4.98 Å². The molecule has 0 spiro atoms. The fraction of sp³-hybridized carbons (Fsp3) is 0.154. The highest BCUT2D eigenvalue weighted by atomic mass is 35.5. The minimum Gasteiger partial charge on any atom is -0.297 e. The van der Waals surface area contributed by atoms with Crippen LogP contribution in [0.4, 0.5) is 5.69 Å². The van der Waals surface area contributed by atoms with Crippen molar-refractivity contribution in [2.45, 2.75) is 13.5 Å². The van der Waals surface area contributed by atoms with E-state index in [0.717, 1.165) is 10.7 Å². The zero-order chi connectivity index (χ0) is 13.6. The number of carbonyl (C=O) groups is 2. The van der Waals surface area contributed by atoms with Crippen molar-refractivity contribution in [2.24, 2.45) is 0 Å². The van der Waals surface area contributed by atoms with E-state index in [1.165, 1.54) is 16.2 Å². The topological polar surface area (TPSA) is 50.3 Å². The number of amides is 1. The molecule has 1 aromatic carbocycles. The molecule has 0 fully saturated rings. The highest BCUT2D eigenvalue weighted by molar-refractivity contribution is 7.09. The first-order valence-electron chi connectivity index (χ1n) is 5.63. The molecule has 3 rings (SSSR count). The van der Waals surface area contributed by atoms with Crippen molar-refractivity contribution in [3.8, 4) is 0 Å². The molecule has 96 valence electrons. The third-order valence-corrected chi connectivity index (χ3v) is 4.05. The number of ketones is 1. The molecule has 0 saturated carbocycles. The molecule has 2 heterocycles. The molecule has 19 heavy (non-hydrogen) atoms. The Morgan fingerprint density at radius 2 is 2.16 bits per heavy atom. The number of benzene rings is 1. The van der Waals surface area contributed by atoms with Gasteiger partial charge in [-0.05, 0) is 19.1 Å². The predicted molar refractivity (Wildman–Crippen MR) is 73.8 cm³/mol. The lowest BCUT2D eigenvalue weighted by Crippen LogP contribution is -2.29. The molecule has 1 aliphatic heterocycles. The first-order valence-corrected chi connectivity index (χ1v) is 6.89. The highest BCUT2D eigenvalue weighted by Gasteiger charge is 2.37. The second kappa shape index (κ2) is 4.43. The Morgan fingerprint density at radius 3 is 2.84 bits per heavy atom. The van der Waals surface area contributed by atoms with Gasteiger partial charge in [-0.1, -0.05) is 17.7 Å². The number of Topliss-reactive ketones (excluding diaryl/α,β-unsaturated/α-hetero) is 1. The van der Waals surface area contributed by atoms with Crippen molar-refractivity contribution in [3.63, 3.8) is 0 Å². The molecule has 0 aliphatic carbocycles. The fourth-order valence-electron chi connectivity index (χ4n) is 2.11. The maximum atomic E-state index is 12.0. The number of nitrogens with zero attached hydrogens (tertiary/aromatic N) is 2. The number of aromatic nitrogens is 1. The lowest BCUT2D eigenvalue weighted by Gasteiger charge is -2.16. The lowest BCUT2D eigenvalue weighted by atomic mass is 10.1. The number of carbonyl (C=O) groups excluding carboxylic acids is 2. The average Bonchev–Trinajstić information content (AvgIpc) is 2.89. The van der Waals surface area contributed by atoms with Gasteiger partial charge in [0.05, 0.1) is 33.5 Å². The van der Waals surface area contributed by atoms with E-state index in [1.54, 1.807) is 18.2 Å². The molecule has 2 aromatic rings. The Labute approximate surface area is 118 Å². The molecule has 1 aliphatic rings. The average molecular weight is 293 g/mol. The van der Waals surface area contributed by atoms with Gasteiger partial charge in [-0.2, -0.15) is 0 Å². The van der Waals surface area contributed by atoms with Gasteiger partial charge in [0.1, 0.15) is 0 Å². The number of rotatable bonds is 2. The summed E-state index contributed by atoms with van der Waals surface area (Å²) in [4.78, 5) is 29.6. The van der Waals surface area contributed by atoms with Crippen LogP contribution in [0.15, 0.2) is 23.6 Å². The van der Waals surface area contributed by atoms with Crippen LogP contribution in [0.2, 0.25) is 5.02 Å². The van der Waals surface area contributed by atoms with E-state index in [2.05, 4.69) is 4.98 Å². The summed E-state index contributed by atoms with van der Waals surface area (Å²) in [6.07, 6.45) is 0. The quantitative estimate of drug-likeness (QED) is 0.800. The van der Waals surface area contributed by atoms with E-state index in [1.807, 2.05) is 12.3 Å². The van der Waals surface area contributed by atoms with E-state index in [0.29, 0.717) is 16.3 Å². The largest absolute Gasteiger partial charge is 0.299 e. The van der Waals surface area contributed by atoms with Crippen molar-refractivity contribution in [2.75, 3.05) is 4.90 Å². The Hall–Kier alpha value is -1.72. The standard InChI is InChI=1S/C13H9ClN2O2S/c1-7-15-8(6-19-7)5-16-11-9(12(17)13(16)18)3-2-4-10(11)14/h2-4,6H,5H2,1H3. The zero-order valence-electron chi connectivity index (χ0n) is 10.0. The molecule has 0 atom stereocenters. The maximum Gasteiger partial charge on any atom is 0.299 e. The van der Waals surface area contributed by atoms with Gasteiger partial charge in [0.2, 0.25) is 0 Å². The van der Waals surface area contributed by atoms with Crippen LogP contribution < -0.4 is 4.90 Å². The molecule has 1 aromatic heterocycles. The third kappa shape index (κ3) is 1.95. The normalized spacial score (nSPS) is 14.1. The summed E-state index contributed by atoms with van der Waals surface area (Å²) in [5, 5.41) is 3.21. The Kier molecular flexibility index (Phi) is 2.88. The minimum atomic E-state index is -0.547. The predicted octanol–water partition coefficient (Wildman–Crippen LogP) is 2.83. The van der Waals surface area contributed by atoms with Crippen LogP contribution >= 0.6 is 22.9 Å². The molecular weight excluding hydrogens is 284 g/mol. The number of fused-ring (bicyclic) bond motifs is 1. The first kappa shape index (κ1) is 12.3. The SMILES string of the molecule is Cc1nc(CN2C(=O)C(=O)c3cccc(Cl)c32)cs1. The fourth-order valence-corrected chi connectivity index (χ4v) is 2.99. The molecule has 6 heteroatoms. The van der Waals surface area contributed by atoms with Crippen molar-refractivity contribution < 1.29 is 9.59 Å². The number of para-hydroxylation sites is 1. The van der Waals surface area contributed by atoms with Gasteiger partial charge in [-0.25, -0.2) is 4.98 Å². The van der Waals surface area contributed by atoms with E-state index in [9.17, 15) is 9.59 Å². The monoisotopic (exact) mass is 292 g/mol. The number of thiazole rings is 1. The summed E-state index contributed by atoms with van der Waals surface area (Å²) in [6.45, 7) is 2.16. The Balaban J connectivity index is 2.04. The molecule has 0 N–H and O–H groups in total. The summed E-state index contributed by atoms with van der Waals surface area (Å²) in [7, 11) is 0. The number of hydrogen-bond donors (Lipinski definition) is 0. The lowest BCUT2D eigenvalue weighted by molar-refractivity contribution is -0.114. The van der Waals surface area contributed by atoms with Gasteiger partial charge in [-0.3, -0.25) is 14.5 Å². The van der Waals surface area contributed by atoms with Crippen molar-refractivity contribution in [1.29, 1.82) is 0 Å². The molecule has 0 radical (unpaired) electrons. The van der Waals surface area contributed by atoms with Crippen LogP contribution in [0.1, 0.15) is 21.1 Å². The van der Waals surface area contributed by atoms with Gasteiger partial charge in [0.15, 0.2) is 0 Å². The van der Waals surface area contributed by atoms with Gasteiger partial charge < -0.3 is 0 Å². The van der Waals surface area contributed by atoms with Crippen LogP contribution in [-0.4, -0.2) is 16.7 Å². The number of hydrogen-bond acceptors (Lipinski definition) is 4. The van der Waals surface area contributed by atoms with Crippen molar-refractivity contribution >= 4 is 40.3 Å². The number of aryl methyl sites for hydroxylation is 1. The number of halogens is 1. The van der Waals surface area contributed by atoms with Crippen LogP contribution in [0.3, 0.4) is 0 Å². The molecule has 1 amide bonds. The van der Waals surface area contributed by atoms with E-state index in [4.69, 9.17) is 11.6 Å². The van der Waals surface area contributed by atoms with Crippen LogP contribution in [0, 0.1) is 6.92 Å². The smallest absolute Gasteiger partial charge is 0.297 e. The molecular formula is C13H9ClN2O2S. The zero-order valence-corrected chi connectivity index (χ0v) is 11.6. The van der Waals surface area contributed by atoms with Gasteiger partial charge >= 0.3 is 0 Å². The second-order valence-electron chi connectivity index (χ2n) is 4.21. The van der Waals surface area contributed by atoms with Gasteiger partial charge in [0, 0.05) is 5.38 Å². The van der Waals surface area contributed by atoms with Gasteiger partial charge in [-0.15, -0.1) is 11.3 Å². The Morgan fingerprint density at radius 1 is 1.37 bits per heavy atom. The van der Waals surface area contributed by atoms with E-state index in [-0.39, 0.29) is 6.54 Å². The summed E-state index contributed by atoms with van der Waals surface area (Å²) in [5.74, 6) is -1.06. The van der Waals surface area contributed by atoms with Crippen LogP contribution in [-0.2, 0) is 11.3 Å². The third-order valence-electron chi connectivity index (χ3n) is 2.93. The molecule has 0 saturated heterocycles. The Bertz CT molecular complexity index is 696.